The summed E-state index contributed by atoms with van der Waals surface area (Å²) >= 11 is 0. The van der Waals surface area contributed by atoms with Crippen LogP contribution in [0.5, 0.6) is 0 Å². The van der Waals surface area contributed by atoms with E-state index in [0.717, 1.165) is 25.8 Å². The lowest BCUT2D eigenvalue weighted by molar-refractivity contribution is 0.199. The Labute approximate surface area is 149 Å². The third-order valence-corrected chi connectivity index (χ3v) is 6.70. The first-order valence-electron chi connectivity index (χ1n) is 8.87. The minimum absolute atomic E-state index is 0.503. The van der Waals surface area contributed by atoms with Crippen molar-refractivity contribution in [1.82, 2.24) is 23.7 Å². The van der Waals surface area contributed by atoms with E-state index >= 15 is 0 Å². The Bertz CT molecular complexity index is 644. The summed E-state index contributed by atoms with van der Waals surface area (Å²) in [5, 5.41) is 3.94. The van der Waals surface area contributed by atoms with Crippen LogP contribution in [0.1, 0.15) is 31.0 Å². The predicted octanol–water partition coefficient (Wildman–Crippen LogP) is 0.107. The van der Waals surface area contributed by atoms with Crippen molar-refractivity contribution in [1.29, 1.82) is 0 Å². The summed E-state index contributed by atoms with van der Waals surface area (Å²) in [5.74, 6) is 1.21. The van der Waals surface area contributed by atoms with E-state index in [1.165, 1.54) is 0 Å². The summed E-state index contributed by atoms with van der Waals surface area (Å²) in [4.78, 5) is 6.54. The highest BCUT2D eigenvalue weighted by molar-refractivity contribution is 7.86. The first-order chi connectivity index (χ1) is 12.1. The molecule has 1 aromatic rings. The molecule has 0 amide bonds. The molecule has 25 heavy (non-hydrogen) atoms. The van der Waals surface area contributed by atoms with Crippen molar-refractivity contribution in [2.45, 2.75) is 32.2 Å². The fourth-order valence-corrected chi connectivity index (χ4v) is 4.98. The molecule has 10 heteroatoms. The third-order valence-electron chi connectivity index (χ3n) is 4.66. The van der Waals surface area contributed by atoms with Gasteiger partial charge in [0, 0.05) is 46.3 Å². The van der Waals surface area contributed by atoms with Crippen molar-refractivity contribution in [3.05, 3.63) is 11.7 Å². The van der Waals surface area contributed by atoms with Gasteiger partial charge in [-0.3, -0.25) is 4.90 Å². The lowest BCUT2D eigenvalue weighted by atomic mass is 10.4. The first kappa shape index (κ1) is 18.7. The highest BCUT2D eigenvalue weighted by atomic mass is 32.2. The van der Waals surface area contributed by atoms with Crippen molar-refractivity contribution < 1.29 is 17.7 Å². The summed E-state index contributed by atoms with van der Waals surface area (Å²) in [7, 11) is -1.67. The molecular weight excluding hydrogens is 346 g/mol. The van der Waals surface area contributed by atoms with Gasteiger partial charge in [-0.2, -0.15) is 22.0 Å². The van der Waals surface area contributed by atoms with Crippen molar-refractivity contribution in [3.63, 3.8) is 0 Å². The zero-order valence-corrected chi connectivity index (χ0v) is 15.6. The van der Waals surface area contributed by atoms with Crippen LogP contribution >= 0.6 is 0 Å². The van der Waals surface area contributed by atoms with Crippen LogP contribution in [0.15, 0.2) is 4.52 Å². The first-order valence-corrected chi connectivity index (χ1v) is 10.3. The highest BCUT2D eigenvalue weighted by Crippen LogP contribution is 2.18. The molecule has 0 atom stereocenters. The molecular formula is C15H27N5O4S. The molecule has 0 unspecified atom stereocenters. The lowest BCUT2D eigenvalue weighted by Crippen LogP contribution is -2.44. The van der Waals surface area contributed by atoms with E-state index in [9.17, 15) is 8.42 Å². The molecule has 3 rings (SSSR count). The van der Waals surface area contributed by atoms with Gasteiger partial charge < -0.3 is 9.26 Å². The van der Waals surface area contributed by atoms with Gasteiger partial charge in [0.15, 0.2) is 5.82 Å². The van der Waals surface area contributed by atoms with Crippen LogP contribution in [0, 0.1) is 0 Å². The zero-order chi connectivity index (χ0) is 17.7. The molecule has 0 bridgehead atoms. The van der Waals surface area contributed by atoms with Crippen molar-refractivity contribution in [2.75, 3.05) is 53.0 Å². The molecule has 0 aromatic carbocycles. The Morgan fingerprint density at radius 2 is 1.76 bits per heavy atom. The minimum atomic E-state index is -3.31. The van der Waals surface area contributed by atoms with Gasteiger partial charge in [-0.25, -0.2) is 0 Å². The molecule has 0 spiro atoms. The Kier molecular flexibility index (Phi) is 6.39. The summed E-state index contributed by atoms with van der Waals surface area (Å²) in [6.07, 6.45) is 3.35. The van der Waals surface area contributed by atoms with Crippen LogP contribution in [-0.4, -0.2) is 85.1 Å². The summed E-state index contributed by atoms with van der Waals surface area (Å²) < 4.78 is 38.9. The van der Waals surface area contributed by atoms with E-state index in [1.807, 2.05) is 0 Å². The van der Waals surface area contributed by atoms with Gasteiger partial charge >= 0.3 is 0 Å². The molecule has 2 saturated heterocycles. The second-order valence-electron chi connectivity index (χ2n) is 6.49. The molecule has 0 radical (unpaired) electrons. The molecule has 0 aliphatic carbocycles. The molecule has 1 aromatic heterocycles. The van der Waals surface area contributed by atoms with Gasteiger partial charge in [-0.05, 0) is 25.8 Å². The minimum Gasteiger partial charge on any atom is -0.384 e. The highest BCUT2D eigenvalue weighted by Gasteiger charge is 2.32. The van der Waals surface area contributed by atoms with Crippen LogP contribution in [0.2, 0.25) is 0 Å². The number of rotatable bonds is 7. The molecule has 3 heterocycles. The Hall–Kier alpha value is -1.07. The molecule has 142 valence electrons. The maximum atomic E-state index is 12.7. The molecule has 2 aliphatic rings. The van der Waals surface area contributed by atoms with Gasteiger partial charge in [-0.15, -0.1) is 0 Å². The van der Waals surface area contributed by atoms with Crippen molar-refractivity contribution in [2.24, 2.45) is 0 Å². The van der Waals surface area contributed by atoms with Gasteiger partial charge in [0.05, 0.1) is 13.2 Å². The lowest BCUT2D eigenvalue weighted by Gasteiger charge is -2.26. The van der Waals surface area contributed by atoms with Crippen LogP contribution in [-0.2, 0) is 27.9 Å². The van der Waals surface area contributed by atoms with E-state index in [0.29, 0.717) is 64.0 Å². The molecule has 2 aliphatic heterocycles. The van der Waals surface area contributed by atoms with Crippen LogP contribution in [0.25, 0.3) is 0 Å². The fourth-order valence-electron chi connectivity index (χ4n) is 3.26. The van der Waals surface area contributed by atoms with Crippen LogP contribution < -0.4 is 0 Å². The number of hydrogen-bond acceptors (Lipinski definition) is 7. The standard InChI is InChI=1S/C15H27N5O4S/c1-23-12-5-14-16-15(24-17-14)13-18-6-4-9-20(11-10-18)25(21,22)19-7-2-3-8-19/h2-13H2,1H3. The maximum Gasteiger partial charge on any atom is 0.282 e. The van der Waals surface area contributed by atoms with Crippen molar-refractivity contribution in [3.8, 4) is 0 Å². The van der Waals surface area contributed by atoms with E-state index in [1.54, 1.807) is 15.7 Å². The zero-order valence-electron chi connectivity index (χ0n) is 14.8. The third kappa shape index (κ3) is 4.76. The topological polar surface area (TPSA) is 92.0 Å². The molecule has 0 saturated carbocycles. The number of aromatic nitrogens is 2. The largest absolute Gasteiger partial charge is 0.384 e. The Morgan fingerprint density at radius 1 is 1.04 bits per heavy atom. The summed E-state index contributed by atoms with van der Waals surface area (Å²) in [6, 6.07) is 0. The average Bonchev–Trinajstić information content (AvgIpc) is 3.22. The quantitative estimate of drug-likeness (QED) is 0.670. The van der Waals surface area contributed by atoms with E-state index in [4.69, 9.17) is 9.26 Å². The Balaban J connectivity index is 1.53. The number of methoxy groups -OCH3 is 1. The average molecular weight is 373 g/mol. The smallest absolute Gasteiger partial charge is 0.282 e. The number of nitrogens with zero attached hydrogens (tertiary/aromatic N) is 5. The fraction of sp³-hybridized carbons (Fsp3) is 0.867. The van der Waals surface area contributed by atoms with Crippen molar-refractivity contribution >= 4 is 10.2 Å². The molecule has 2 fully saturated rings. The summed E-state index contributed by atoms with van der Waals surface area (Å²) in [5.41, 5.74) is 0. The van der Waals surface area contributed by atoms with Gasteiger partial charge in [0.1, 0.15) is 0 Å². The second kappa shape index (κ2) is 8.54. The number of hydrogen-bond donors (Lipinski definition) is 0. The van der Waals surface area contributed by atoms with E-state index < -0.39 is 10.2 Å². The van der Waals surface area contributed by atoms with Crippen LogP contribution in [0.4, 0.5) is 0 Å². The number of ether oxygens (including phenoxy) is 1. The van der Waals surface area contributed by atoms with Gasteiger partial charge in [-0.1, -0.05) is 5.16 Å². The van der Waals surface area contributed by atoms with Crippen LogP contribution in [0.3, 0.4) is 0 Å². The van der Waals surface area contributed by atoms with Gasteiger partial charge in [0.25, 0.3) is 10.2 Å². The van der Waals surface area contributed by atoms with Gasteiger partial charge in [0.2, 0.25) is 5.89 Å². The maximum absolute atomic E-state index is 12.7. The predicted molar refractivity (Wildman–Crippen MR) is 91.1 cm³/mol. The Morgan fingerprint density at radius 3 is 2.52 bits per heavy atom. The van der Waals surface area contributed by atoms with E-state index in [2.05, 4.69) is 15.0 Å². The SMILES string of the molecule is COCCc1noc(CN2CCCN(S(=O)(=O)N3CCCC3)CC2)n1. The molecule has 0 N–H and O–H groups in total. The monoisotopic (exact) mass is 373 g/mol. The van der Waals surface area contributed by atoms with E-state index in [-0.39, 0.29) is 0 Å². The summed E-state index contributed by atoms with van der Waals surface area (Å²) in [6.45, 7) is 4.97. The second-order valence-corrected chi connectivity index (χ2v) is 8.42. The normalized spacial score (nSPS) is 21.6. The molecule has 9 nitrogen and oxygen atoms in total.